The summed E-state index contributed by atoms with van der Waals surface area (Å²) in [7, 11) is 0. The first-order chi connectivity index (χ1) is 10.1. The molecule has 1 aromatic carbocycles. The van der Waals surface area contributed by atoms with Crippen molar-refractivity contribution < 1.29 is 4.79 Å². The molecule has 1 aromatic rings. The Morgan fingerprint density at radius 1 is 1.24 bits per heavy atom. The highest BCUT2D eigenvalue weighted by atomic mass is 35.5. The molecule has 0 aliphatic carbocycles. The van der Waals surface area contributed by atoms with Gasteiger partial charge in [-0.2, -0.15) is 0 Å². The quantitative estimate of drug-likeness (QED) is 0.830. The van der Waals surface area contributed by atoms with Crippen molar-refractivity contribution in [3.05, 3.63) is 34.9 Å². The van der Waals surface area contributed by atoms with Crippen LogP contribution in [-0.2, 0) is 11.3 Å². The summed E-state index contributed by atoms with van der Waals surface area (Å²) in [6.07, 6.45) is 0. The zero-order valence-corrected chi connectivity index (χ0v) is 14.3. The normalized spacial score (nSPS) is 17.8. The van der Waals surface area contributed by atoms with E-state index < -0.39 is 0 Å². The molecular formula is C16H23ClN2OS. The second-order valence-corrected chi connectivity index (χ2v) is 7.38. The molecule has 1 saturated heterocycles. The fourth-order valence-corrected chi connectivity index (χ4v) is 3.47. The number of nitrogens with zero attached hydrogens (tertiary/aromatic N) is 2. The molecule has 116 valence electrons. The Labute approximate surface area is 136 Å². The maximum absolute atomic E-state index is 12.3. The Kier molecular flexibility index (Phi) is 6.40. The minimum atomic E-state index is 0.0813. The van der Waals surface area contributed by atoms with Gasteiger partial charge in [-0.1, -0.05) is 30.7 Å². The second-order valence-electron chi connectivity index (χ2n) is 5.33. The molecule has 1 aliphatic rings. The summed E-state index contributed by atoms with van der Waals surface area (Å²) in [4.78, 5) is 16.7. The fourth-order valence-electron chi connectivity index (χ4n) is 2.55. The largest absolute Gasteiger partial charge is 0.339 e. The van der Waals surface area contributed by atoms with E-state index in [1.54, 1.807) is 11.8 Å². The number of benzene rings is 1. The number of hydrogen-bond acceptors (Lipinski definition) is 3. The van der Waals surface area contributed by atoms with Gasteiger partial charge >= 0.3 is 0 Å². The van der Waals surface area contributed by atoms with Crippen LogP contribution >= 0.6 is 23.4 Å². The van der Waals surface area contributed by atoms with E-state index in [0.29, 0.717) is 0 Å². The van der Waals surface area contributed by atoms with E-state index in [1.165, 1.54) is 5.56 Å². The lowest BCUT2D eigenvalue weighted by molar-refractivity contribution is -0.132. The molecule has 2 rings (SSSR count). The maximum Gasteiger partial charge on any atom is 0.235 e. The molecule has 1 atom stereocenters. The second kappa shape index (κ2) is 8.06. The van der Waals surface area contributed by atoms with Crippen molar-refractivity contribution in [3.8, 4) is 0 Å². The van der Waals surface area contributed by atoms with Crippen LogP contribution in [0.3, 0.4) is 0 Å². The Balaban J connectivity index is 1.80. The number of carbonyl (C=O) groups is 1. The molecule has 1 amide bonds. The van der Waals surface area contributed by atoms with Gasteiger partial charge in [0.15, 0.2) is 0 Å². The van der Waals surface area contributed by atoms with Gasteiger partial charge < -0.3 is 4.90 Å². The van der Waals surface area contributed by atoms with Gasteiger partial charge in [-0.05, 0) is 30.4 Å². The van der Waals surface area contributed by atoms with Gasteiger partial charge in [-0.3, -0.25) is 9.69 Å². The van der Waals surface area contributed by atoms with Gasteiger partial charge in [0.05, 0.1) is 5.25 Å². The first kappa shape index (κ1) is 16.7. The number of rotatable bonds is 5. The smallest absolute Gasteiger partial charge is 0.235 e. The lowest BCUT2D eigenvalue weighted by Crippen LogP contribution is -2.50. The van der Waals surface area contributed by atoms with E-state index in [9.17, 15) is 4.79 Å². The Morgan fingerprint density at radius 3 is 2.43 bits per heavy atom. The van der Waals surface area contributed by atoms with Crippen molar-refractivity contribution in [1.82, 2.24) is 9.80 Å². The first-order valence-corrected chi connectivity index (χ1v) is 8.90. The molecule has 0 aromatic heterocycles. The van der Waals surface area contributed by atoms with Crippen LogP contribution in [0.1, 0.15) is 19.4 Å². The molecule has 0 spiro atoms. The number of thioether (sulfide) groups is 1. The van der Waals surface area contributed by atoms with E-state index >= 15 is 0 Å². The predicted molar refractivity (Wildman–Crippen MR) is 90.9 cm³/mol. The van der Waals surface area contributed by atoms with Crippen molar-refractivity contribution in [2.75, 3.05) is 31.9 Å². The van der Waals surface area contributed by atoms with Crippen molar-refractivity contribution in [1.29, 1.82) is 0 Å². The SMILES string of the molecule is CCS[C@@H](C)C(=O)N1CCN(Cc2ccc(Cl)cc2)CC1. The Bertz CT molecular complexity index is 458. The third-order valence-corrected chi connectivity index (χ3v) is 5.05. The molecule has 21 heavy (non-hydrogen) atoms. The van der Waals surface area contributed by atoms with Crippen LogP contribution in [0.5, 0.6) is 0 Å². The van der Waals surface area contributed by atoms with Crippen molar-refractivity contribution in [2.45, 2.75) is 25.6 Å². The van der Waals surface area contributed by atoms with Gasteiger partial charge in [0, 0.05) is 37.7 Å². The first-order valence-electron chi connectivity index (χ1n) is 7.47. The number of hydrogen-bond donors (Lipinski definition) is 0. The summed E-state index contributed by atoms with van der Waals surface area (Å²) in [5.41, 5.74) is 1.27. The maximum atomic E-state index is 12.3. The van der Waals surface area contributed by atoms with Crippen LogP contribution in [0.15, 0.2) is 24.3 Å². The van der Waals surface area contributed by atoms with Crippen LogP contribution in [0.4, 0.5) is 0 Å². The highest BCUT2D eigenvalue weighted by Gasteiger charge is 2.24. The number of halogens is 1. The van der Waals surface area contributed by atoms with Crippen LogP contribution < -0.4 is 0 Å². The van der Waals surface area contributed by atoms with Gasteiger partial charge in [0.1, 0.15) is 0 Å². The number of piperazine rings is 1. The standard InChI is InChI=1S/C16H23ClN2OS/c1-3-21-13(2)16(20)19-10-8-18(9-11-19)12-14-4-6-15(17)7-5-14/h4-7,13H,3,8-12H2,1-2H3/t13-/m0/s1. The molecule has 0 unspecified atom stereocenters. The van der Waals surface area contributed by atoms with E-state index in [-0.39, 0.29) is 11.2 Å². The Hall–Kier alpha value is -0.710. The van der Waals surface area contributed by atoms with Crippen molar-refractivity contribution in [3.63, 3.8) is 0 Å². The highest BCUT2D eigenvalue weighted by molar-refractivity contribution is 8.00. The third-order valence-electron chi connectivity index (χ3n) is 3.77. The lowest BCUT2D eigenvalue weighted by atomic mass is 10.2. The zero-order valence-electron chi connectivity index (χ0n) is 12.7. The summed E-state index contributed by atoms with van der Waals surface area (Å²) in [5.74, 6) is 1.27. The van der Waals surface area contributed by atoms with Crippen molar-refractivity contribution >= 4 is 29.3 Å². The molecule has 1 aliphatic heterocycles. The lowest BCUT2D eigenvalue weighted by Gasteiger charge is -2.35. The minimum Gasteiger partial charge on any atom is -0.339 e. The Morgan fingerprint density at radius 2 is 1.86 bits per heavy atom. The van der Waals surface area contributed by atoms with E-state index in [2.05, 4.69) is 24.0 Å². The third kappa shape index (κ3) is 4.90. The van der Waals surface area contributed by atoms with Crippen LogP contribution in [0.2, 0.25) is 5.02 Å². The molecule has 0 radical (unpaired) electrons. The summed E-state index contributed by atoms with van der Waals surface area (Å²) in [5, 5.41) is 0.856. The molecule has 1 heterocycles. The predicted octanol–water partition coefficient (Wildman–Crippen LogP) is 3.13. The van der Waals surface area contributed by atoms with Crippen molar-refractivity contribution in [2.24, 2.45) is 0 Å². The highest BCUT2D eigenvalue weighted by Crippen LogP contribution is 2.16. The van der Waals surface area contributed by atoms with Crippen LogP contribution in [-0.4, -0.2) is 52.9 Å². The van der Waals surface area contributed by atoms with Gasteiger partial charge in [0.25, 0.3) is 0 Å². The molecule has 3 nitrogen and oxygen atoms in total. The minimum absolute atomic E-state index is 0.0813. The summed E-state index contributed by atoms with van der Waals surface area (Å²) >= 11 is 7.62. The van der Waals surface area contributed by atoms with Crippen LogP contribution in [0.25, 0.3) is 0 Å². The molecule has 0 N–H and O–H groups in total. The van der Waals surface area contributed by atoms with Crippen LogP contribution in [0, 0.1) is 0 Å². The van der Waals surface area contributed by atoms with E-state index in [0.717, 1.165) is 43.5 Å². The van der Waals surface area contributed by atoms with Gasteiger partial charge in [-0.15, -0.1) is 11.8 Å². The average Bonchev–Trinajstić information content (AvgIpc) is 2.50. The summed E-state index contributed by atoms with van der Waals surface area (Å²) < 4.78 is 0. The van der Waals surface area contributed by atoms with E-state index in [1.807, 2.05) is 24.0 Å². The topological polar surface area (TPSA) is 23.6 Å². The fraction of sp³-hybridized carbons (Fsp3) is 0.562. The average molecular weight is 327 g/mol. The molecular weight excluding hydrogens is 304 g/mol. The summed E-state index contributed by atoms with van der Waals surface area (Å²) in [6.45, 7) is 8.59. The van der Waals surface area contributed by atoms with Gasteiger partial charge in [-0.25, -0.2) is 0 Å². The number of carbonyl (C=O) groups excluding carboxylic acids is 1. The number of amides is 1. The molecule has 0 bridgehead atoms. The zero-order chi connectivity index (χ0) is 15.2. The molecule has 5 heteroatoms. The monoisotopic (exact) mass is 326 g/mol. The molecule has 1 fully saturated rings. The van der Waals surface area contributed by atoms with Gasteiger partial charge in [0.2, 0.25) is 5.91 Å². The summed E-state index contributed by atoms with van der Waals surface area (Å²) in [6, 6.07) is 8.00. The van der Waals surface area contributed by atoms with E-state index in [4.69, 9.17) is 11.6 Å². The molecule has 0 saturated carbocycles.